The molecule has 0 unspecified atom stereocenters. The maximum atomic E-state index is 5.77. The van der Waals surface area contributed by atoms with Crippen molar-refractivity contribution in [2.45, 2.75) is 117 Å². The Morgan fingerprint density at radius 2 is 1.00 bits per heavy atom. The maximum Gasteiger partial charge on any atom is 0.0128 e. The van der Waals surface area contributed by atoms with Crippen molar-refractivity contribution in [3.05, 3.63) is 12.2 Å². The molecule has 0 aliphatic rings. The van der Waals surface area contributed by atoms with E-state index in [-0.39, 0.29) is 0 Å². The Balaban J connectivity index is 3.08. The fourth-order valence-electron chi connectivity index (χ4n) is 3.07. The molecule has 0 bridgehead atoms. The second-order valence-electron chi connectivity index (χ2n) is 7.27. The van der Waals surface area contributed by atoms with Gasteiger partial charge in [-0.05, 0) is 32.1 Å². The number of hydrogen-bond acceptors (Lipinski definition) is 2. The molecule has 0 aromatic heterocycles. The van der Waals surface area contributed by atoms with Gasteiger partial charge in [-0.15, -0.1) is 0 Å². The standard InChI is InChI=1S/C22H46N2/c1-3-5-6-7-8-9-10-11-12-13-14-15-16-17-18-19-20-21-22-24(23)4-2/h11-12H,3-10,13-23H2,1-2H3. The van der Waals surface area contributed by atoms with E-state index in [4.69, 9.17) is 5.84 Å². The number of nitrogens with two attached hydrogens (primary N) is 1. The van der Waals surface area contributed by atoms with Gasteiger partial charge in [0, 0.05) is 13.1 Å². The van der Waals surface area contributed by atoms with E-state index >= 15 is 0 Å². The molecule has 0 saturated heterocycles. The second kappa shape index (κ2) is 20.7. The summed E-state index contributed by atoms with van der Waals surface area (Å²) < 4.78 is 0. The molecule has 0 aromatic rings. The predicted octanol–water partition coefficient (Wildman–Crippen LogP) is 7.00. The summed E-state index contributed by atoms with van der Waals surface area (Å²) in [7, 11) is 0. The van der Waals surface area contributed by atoms with E-state index in [1.54, 1.807) is 0 Å². The molecule has 144 valence electrons. The molecule has 2 heteroatoms. The van der Waals surface area contributed by atoms with Crippen LogP contribution in [0.25, 0.3) is 0 Å². The Bertz CT molecular complexity index is 250. The molecule has 0 aromatic carbocycles. The lowest BCUT2D eigenvalue weighted by atomic mass is 10.1. The molecule has 0 amide bonds. The summed E-state index contributed by atoms with van der Waals surface area (Å²) in [4.78, 5) is 0. The number of rotatable bonds is 19. The first-order valence-corrected chi connectivity index (χ1v) is 11.0. The number of hydrogen-bond donors (Lipinski definition) is 1. The van der Waals surface area contributed by atoms with E-state index in [1.807, 2.05) is 5.01 Å². The van der Waals surface area contributed by atoms with Crippen LogP contribution in [-0.2, 0) is 0 Å². The molecule has 0 atom stereocenters. The number of hydrazine groups is 1. The van der Waals surface area contributed by atoms with Gasteiger partial charge in [0.25, 0.3) is 0 Å². The second-order valence-corrected chi connectivity index (χ2v) is 7.27. The molecule has 0 heterocycles. The highest BCUT2D eigenvalue weighted by Crippen LogP contribution is 2.11. The van der Waals surface area contributed by atoms with E-state index < -0.39 is 0 Å². The quantitative estimate of drug-likeness (QED) is 0.119. The first-order valence-electron chi connectivity index (χ1n) is 11.0. The van der Waals surface area contributed by atoms with Crippen LogP contribution in [0, 0.1) is 0 Å². The van der Waals surface area contributed by atoms with Crippen LogP contribution in [0.3, 0.4) is 0 Å². The van der Waals surface area contributed by atoms with Crippen molar-refractivity contribution in [1.29, 1.82) is 0 Å². The van der Waals surface area contributed by atoms with Gasteiger partial charge in [-0.3, -0.25) is 5.84 Å². The van der Waals surface area contributed by atoms with Crippen molar-refractivity contribution in [2.24, 2.45) is 5.84 Å². The fraction of sp³-hybridized carbons (Fsp3) is 0.909. The SMILES string of the molecule is CCCCCCCCC=CCCCCCCCCCCN(N)CC. The third-order valence-electron chi connectivity index (χ3n) is 4.86. The molecule has 0 saturated carbocycles. The van der Waals surface area contributed by atoms with Crippen molar-refractivity contribution >= 4 is 0 Å². The monoisotopic (exact) mass is 338 g/mol. The topological polar surface area (TPSA) is 29.3 Å². The highest BCUT2D eigenvalue weighted by molar-refractivity contribution is 4.81. The van der Waals surface area contributed by atoms with Gasteiger partial charge >= 0.3 is 0 Å². The zero-order chi connectivity index (χ0) is 17.7. The normalized spacial score (nSPS) is 11.8. The molecule has 2 nitrogen and oxygen atoms in total. The van der Waals surface area contributed by atoms with Gasteiger partial charge in [0.15, 0.2) is 0 Å². The van der Waals surface area contributed by atoms with Crippen LogP contribution < -0.4 is 5.84 Å². The summed E-state index contributed by atoms with van der Waals surface area (Å²) in [6.45, 7) is 6.42. The third-order valence-corrected chi connectivity index (χ3v) is 4.86. The summed E-state index contributed by atoms with van der Waals surface area (Å²) in [6.07, 6.45) is 26.9. The van der Waals surface area contributed by atoms with Crippen molar-refractivity contribution in [2.75, 3.05) is 13.1 Å². The van der Waals surface area contributed by atoms with E-state index in [1.165, 1.54) is 103 Å². The highest BCUT2D eigenvalue weighted by atomic mass is 15.4. The molecular weight excluding hydrogens is 292 g/mol. The lowest BCUT2D eigenvalue weighted by molar-refractivity contribution is 0.290. The zero-order valence-electron chi connectivity index (χ0n) is 16.9. The van der Waals surface area contributed by atoms with Gasteiger partial charge in [0.05, 0.1) is 0 Å². The molecule has 24 heavy (non-hydrogen) atoms. The number of unbranched alkanes of at least 4 members (excludes halogenated alkanes) is 14. The lowest BCUT2D eigenvalue weighted by Crippen LogP contribution is -2.31. The van der Waals surface area contributed by atoms with Gasteiger partial charge in [-0.25, -0.2) is 5.01 Å². The molecule has 0 aliphatic carbocycles. The summed E-state index contributed by atoms with van der Waals surface area (Å²) in [6, 6.07) is 0. The van der Waals surface area contributed by atoms with Crippen LogP contribution in [-0.4, -0.2) is 18.1 Å². The third kappa shape index (κ3) is 19.7. The average molecular weight is 339 g/mol. The van der Waals surface area contributed by atoms with Gasteiger partial charge in [0.1, 0.15) is 0 Å². The van der Waals surface area contributed by atoms with E-state index in [9.17, 15) is 0 Å². The van der Waals surface area contributed by atoms with E-state index in [0.29, 0.717) is 0 Å². The van der Waals surface area contributed by atoms with Crippen molar-refractivity contribution < 1.29 is 0 Å². The Hall–Kier alpha value is -0.340. The summed E-state index contributed by atoms with van der Waals surface area (Å²) in [5, 5.41) is 1.92. The van der Waals surface area contributed by atoms with Crippen LogP contribution in [0.5, 0.6) is 0 Å². The smallest absolute Gasteiger partial charge is 0.0128 e. The van der Waals surface area contributed by atoms with Gasteiger partial charge in [-0.2, -0.15) is 0 Å². The molecular formula is C22H46N2. The Labute approximate surface area is 153 Å². The molecule has 0 radical (unpaired) electrons. The zero-order valence-corrected chi connectivity index (χ0v) is 16.9. The average Bonchev–Trinajstić information content (AvgIpc) is 2.60. The summed E-state index contributed by atoms with van der Waals surface area (Å²) >= 11 is 0. The van der Waals surface area contributed by atoms with Crippen LogP contribution in [0.2, 0.25) is 0 Å². The number of nitrogens with zero attached hydrogens (tertiary/aromatic N) is 1. The first-order chi connectivity index (χ1) is 11.8. The van der Waals surface area contributed by atoms with Crippen LogP contribution in [0.15, 0.2) is 12.2 Å². The van der Waals surface area contributed by atoms with Crippen molar-refractivity contribution in [3.63, 3.8) is 0 Å². The minimum absolute atomic E-state index is 0.966. The summed E-state index contributed by atoms with van der Waals surface area (Å²) in [5.41, 5.74) is 0. The highest BCUT2D eigenvalue weighted by Gasteiger charge is 1.95. The molecule has 0 fully saturated rings. The van der Waals surface area contributed by atoms with E-state index in [2.05, 4.69) is 26.0 Å². The Morgan fingerprint density at radius 1 is 0.583 bits per heavy atom. The first kappa shape index (κ1) is 23.7. The van der Waals surface area contributed by atoms with Crippen molar-refractivity contribution in [1.82, 2.24) is 5.01 Å². The fourth-order valence-corrected chi connectivity index (χ4v) is 3.07. The minimum atomic E-state index is 0.966. The number of allylic oxidation sites excluding steroid dienone is 2. The van der Waals surface area contributed by atoms with Gasteiger partial charge in [0.2, 0.25) is 0 Å². The Kier molecular flexibility index (Phi) is 20.4. The maximum absolute atomic E-state index is 5.77. The van der Waals surface area contributed by atoms with E-state index in [0.717, 1.165) is 13.1 Å². The molecule has 0 rings (SSSR count). The lowest BCUT2D eigenvalue weighted by Gasteiger charge is -2.12. The molecule has 0 spiro atoms. The van der Waals surface area contributed by atoms with Gasteiger partial charge < -0.3 is 0 Å². The minimum Gasteiger partial charge on any atom is -0.269 e. The van der Waals surface area contributed by atoms with Gasteiger partial charge in [-0.1, -0.05) is 96.6 Å². The summed E-state index contributed by atoms with van der Waals surface area (Å²) in [5.74, 6) is 5.77. The Morgan fingerprint density at radius 3 is 1.46 bits per heavy atom. The van der Waals surface area contributed by atoms with Crippen molar-refractivity contribution in [3.8, 4) is 0 Å². The largest absolute Gasteiger partial charge is 0.269 e. The molecule has 2 N–H and O–H groups in total. The molecule has 0 aliphatic heterocycles. The van der Waals surface area contributed by atoms with Crippen LogP contribution in [0.4, 0.5) is 0 Å². The van der Waals surface area contributed by atoms with Crippen LogP contribution >= 0.6 is 0 Å². The predicted molar refractivity (Wildman–Crippen MR) is 110 cm³/mol. The van der Waals surface area contributed by atoms with Crippen LogP contribution in [0.1, 0.15) is 117 Å².